The first kappa shape index (κ1) is 11.1. The van der Waals surface area contributed by atoms with E-state index in [1.54, 1.807) is 0 Å². The zero-order valence-electron chi connectivity index (χ0n) is 9.44. The third kappa shape index (κ3) is 2.59. The van der Waals surface area contributed by atoms with E-state index in [1.165, 1.54) is 0 Å². The summed E-state index contributed by atoms with van der Waals surface area (Å²) in [6.45, 7) is 2.74. The van der Waals surface area contributed by atoms with Gasteiger partial charge >= 0.3 is 0 Å². The van der Waals surface area contributed by atoms with Crippen molar-refractivity contribution in [2.45, 2.75) is 6.17 Å². The third-order valence-corrected chi connectivity index (χ3v) is 2.84. The van der Waals surface area contributed by atoms with Crippen molar-refractivity contribution in [2.24, 2.45) is 0 Å². The molecular weight excluding hydrogens is 202 g/mol. The van der Waals surface area contributed by atoms with Crippen LogP contribution in [0, 0.1) is 0 Å². The molecule has 1 aliphatic heterocycles. The van der Waals surface area contributed by atoms with Crippen LogP contribution in [-0.4, -0.2) is 43.7 Å². The summed E-state index contributed by atoms with van der Waals surface area (Å²) < 4.78 is 0. The van der Waals surface area contributed by atoms with Crippen LogP contribution in [-0.2, 0) is 0 Å². The molecule has 0 saturated carbocycles. The molecule has 16 heavy (non-hydrogen) atoms. The highest BCUT2D eigenvalue weighted by Crippen LogP contribution is 2.01. The Morgan fingerprint density at radius 1 is 1.44 bits per heavy atom. The van der Waals surface area contributed by atoms with Crippen LogP contribution in [0.3, 0.4) is 0 Å². The van der Waals surface area contributed by atoms with Gasteiger partial charge < -0.3 is 10.6 Å². The van der Waals surface area contributed by atoms with E-state index in [0.29, 0.717) is 5.56 Å². The maximum absolute atomic E-state index is 11.9. The molecular formula is C12H17N3O. The summed E-state index contributed by atoms with van der Waals surface area (Å²) in [5.41, 5.74) is 0.710. The standard InChI is InChI=1S/C12H17N3O/c1-15-8-7-13-9-11(15)14-12(16)10-5-3-2-4-6-10/h2-6,11,13H,7-9H2,1H3,(H,14,16). The van der Waals surface area contributed by atoms with E-state index in [-0.39, 0.29) is 12.1 Å². The summed E-state index contributed by atoms with van der Waals surface area (Å²) in [4.78, 5) is 14.0. The number of benzene rings is 1. The lowest BCUT2D eigenvalue weighted by Crippen LogP contribution is -2.57. The van der Waals surface area contributed by atoms with Gasteiger partial charge in [-0.05, 0) is 19.2 Å². The number of piperazine rings is 1. The molecule has 1 amide bonds. The van der Waals surface area contributed by atoms with Crippen molar-refractivity contribution in [3.8, 4) is 0 Å². The van der Waals surface area contributed by atoms with E-state index in [9.17, 15) is 4.79 Å². The molecule has 0 radical (unpaired) electrons. The Kier molecular flexibility index (Phi) is 3.54. The van der Waals surface area contributed by atoms with Crippen molar-refractivity contribution >= 4 is 5.91 Å². The van der Waals surface area contributed by atoms with Crippen molar-refractivity contribution in [3.63, 3.8) is 0 Å². The fourth-order valence-corrected chi connectivity index (χ4v) is 1.79. The Morgan fingerprint density at radius 3 is 2.88 bits per heavy atom. The molecule has 1 aliphatic rings. The largest absolute Gasteiger partial charge is 0.335 e. The Morgan fingerprint density at radius 2 is 2.19 bits per heavy atom. The Bertz CT molecular complexity index is 353. The SMILES string of the molecule is CN1CCNCC1NC(=O)c1ccccc1. The second-order valence-electron chi connectivity index (χ2n) is 4.04. The number of nitrogens with zero attached hydrogens (tertiary/aromatic N) is 1. The summed E-state index contributed by atoms with van der Waals surface area (Å²) in [7, 11) is 2.02. The molecule has 1 fully saturated rings. The molecule has 1 heterocycles. The number of carbonyl (C=O) groups excluding carboxylic acids is 1. The quantitative estimate of drug-likeness (QED) is 0.751. The van der Waals surface area contributed by atoms with Gasteiger partial charge in [-0.3, -0.25) is 9.69 Å². The third-order valence-electron chi connectivity index (χ3n) is 2.84. The number of rotatable bonds is 2. The summed E-state index contributed by atoms with van der Waals surface area (Å²) in [6.07, 6.45) is 0.0847. The predicted octanol–water partition coefficient (Wildman–Crippen LogP) is 0.277. The van der Waals surface area contributed by atoms with E-state index >= 15 is 0 Å². The van der Waals surface area contributed by atoms with Crippen LogP contribution in [0.2, 0.25) is 0 Å². The van der Waals surface area contributed by atoms with Gasteiger partial charge in [0.05, 0.1) is 6.17 Å². The highest BCUT2D eigenvalue weighted by atomic mass is 16.1. The van der Waals surface area contributed by atoms with E-state index < -0.39 is 0 Å². The molecule has 0 spiro atoms. The van der Waals surface area contributed by atoms with Gasteiger partial charge in [0.1, 0.15) is 0 Å². The van der Waals surface area contributed by atoms with E-state index in [4.69, 9.17) is 0 Å². The lowest BCUT2D eigenvalue weighted by atomic mass is 10.2. The zero-order valence-corrected chi connectivity index (χ0v) is 9.44. The van der Waals surface area contributed by atoms with Crippen molar-refractivity contribution in [1.82, 2.24) is 15.5 Å². The summed E-state index contributed by atoms with van der Waals surface area (Å²) in [6, 6.07) is 9.30. The van der Waals surface area contributed by atoms with Gasteiger partial charge in [0.2, 0.25) is 0 Å². The molecule has 1 unspecified atom stereocenters. The lowest BCUT2D eigenvalue weighted by molar-refractivity contribution is 0.0847. The van der Waals surface area contributed by atoms with Gasteiger partial charge in [-0.25, -0.2) is 0 Å². The first-order valence-electron chi connectivity index (χ1n) is 5.54. The van der Waals surface area contributed by atoms with E-state index in [2.05, 4.69) is 15.5 Å². The fraction of sp³-hybridized carbons (Fsp3) is 0.417. The van der Waals surface area contributed by atoms with Gasteiger partial charge in [0, 0.05) is 25.2 Å². The average Bonchev–Trinajstić information content (AvgIpc) is 2.33. The minimum Gasteiger partial charge on any atom is -0.335 e. The molecule has 86 valence electrons. The number of hydrogen-bond donors (Lipinski definition) is 2. The second-order valence-corrected chi connectivity index (χ2v) is 4.04. The minimum absolute atomic E-state index is 0.0128. The molecule has 0 aromatic heterocycles. The number of amides is 1. The number of nitrogens with one attached hydrogen (secondary N) is 2. The van der Waals surface area contributed by atoms with Crippen LogP contribution < -0.4 is 10.6 Å². The van der Waals surface area contributed by atoms with Crippen LogP contribution >= 0.6 is 0 Å². The van der Waals surface area contributed by atoms with Gasteiger partial charge in [0.15, 0.2) is 0 Å². The van der Waals surface area contributed by atoms with Crippen LogP contribution in [0.15, 0.2) is 30.3 Å². The zero-order chi connectivity index (χ0) is 11.4. The van der Waals surface area contributed by atoms with Crippen molar-refractivity contribution < 1.29 is 4.79 Å². The van der Waals surface area contributed by atoms with Gasteiger partial charge in [0.25, 0.3) is 5.91 Å². The highest BCUT2D eigenvalue weighted by Gasteiger charge is 2.20. The average molecular weight is 219 g/mol. The Labute approximate surface area is 95.6 Å². The first-order valence-corrected chi connectivity index (χ1v) is 5.54. The molecule has 4 heteroatoms. The molecule has 1 atom stereocenters. The molecule has 2 rings (SSSR count). The summed E-state index contributed by atoms with van der Waals surface area (Å²) in [5.74, 6) is -0.0128. The van der Waals surface area contributed by atoms with Crippen molar-refractivity contribution in [3.05, 3.63) is 35.9 Å². The van der Waals surface area contributed by atoms with E-state index in [0.717, 1.165) is 19.6 Å². The molecule has 1 saturated heterocycles. The molecule has 0 bridgehead atoms. The van der Waals surface area contributed by atoms with Gasteiger partial charge in [-0.1, -0.05) is 18.2 Å². The number of hydrogen-bond acceptors (Lipinski definition) is 3. The van der Waals surface area contributed by atoms with E-state index in [1.807, 2.05) is 37.4 Å². The maximum atomic E-state index is 11.9. The Balaban J connectivity index is 1.96. The smallest absolute Gasteiger partial charge is 0.252 e. The normalized spacial score (nSPS) is 21.7. The predicted molar refractivity (Wildman–Crippen MR) is 63.2 cm³/mol. The molecule has 2 N–H and O–H groups in total. The van der Waals surface area contributed by atoms with Gasteiger partial charge in [-0.15, -0.1) is 0 Å². The fourth-order valence-electron chi connectivity index (χ4n) is 1.79. The van der Waals surface area contributed by atoms with Crippen molar-refractivity contribution in [1.29, 1.82) is 0 Å². The van der Waals surface area contributed by atoms with Crippen LogP contribution in [0.25, 0.3) is 0 Å². The van der Waals surface area contributed by atoms with Crippen LogP contribution in [0.1, 0.15) is 10.4 Å². The monoisotopic (exact) mass is 219 g/mol. The summed E-state index contributed by atoms with van der Waals surface area (Å²) >= 11 is 0. The Hall–Kier alpha value is -1.39. The highest BCUT2D eigenvalue weighted by molar-refractivity contribution is 5.94. The molecule has 0 aliphatic carbocycles. The van der Waals surface area contributed by atoms with Crippen LogP contribution in [0.4, 0.5) is 0 Å². The number of likely N-dealkylation sites (N-methyl/N-ethyl adjacent to an activating group) is 1. The molecule has 1 aromatic carbocycles. The van der Waals surface area contributed by atoms with Gasteiger partial charge in [-0.2, -0.15) is 0 Å². The molecule has 4 nitrogen and oxygen atoms in total. The lowest BCUT2D eigenvalue weighted by Gasteiger charge is -2.33. The second kappa shape index (κ2) is 5.09. The first-order chi connectivity index (χ1) is 7.77. The minimum atomic E-state index is -0.0128. The summed E-state index contributed by atoms with van der Waals surface area (Å²) in [5, 5.41) is 6.28. The van der Waals surface area contributed by atoms with Crippen molar-refractivity contribution in [2.75, 3.05) is 26.7 Å². The topological polar surface area (TPSA) is 44.4 Å². The number of carbonyl (C=O) groups is 1. The molecule has 1 aromatic rings. The maximum Gasteiger partial charge on any atom is 0.252 e. The van der Waals surface area contributed by atoms with Crippen LogP contribution in [0.5, 0.6) is 0 Å².